The van der Waals surface area contributed by atoms with Crippen LogP contribution in [-0.4, -0.2) is 33.4 Å². The van der Waals surface area contributed by atoms with E-state index in [1.165, 1.54) is 24.5 Å². The number of aromatic nitrogens is 2. The van der Waals surface area contributed by atoms with E-state index in [-0.39, 0.29) is 17.7 Å². The van der Waals surface area contributed by atoms with Gasteiger partial charge >= 0.3 is 0 Å². The number of nitrogens with zero attached hydrogens (tertiary/aromatic N) is 2. The van der Waals surface area contributed by atoms with Crippen molar-refractivity contribution in [2.24, 2.45) is 5.92 Å². The van der Waals surface area contributed by atoms with E-state index in [0.29, 0.717) is 29.9 Å². The Morgan fingerprint density at radius 2 is 2.00 bits per heavy atom. The molecule has 144 valence electrons. The van der Waals surface area contributed by atoms with Crippen LogP contribution in [0.3, 0.4) is 0 Å². The van der Waals surface area contributed by atoms with Gasteiger partial charge in [-0.15, -0.1) is 0 Å². The molecule has 1 amide bonds. The summed E-state index contributed by atoms with van der Waals surface area (Å²) in [5, 5.41) is 17.4. The lowest BCUT2D eigenvalue weighted by molar-refractivity contribution is 0.0921. The van der Waals surface area contributed by atoms with Crippen LogP contribution in [0.25, 0.3) is 0 Å². The highest BCUT2D eigenvalue weighted by molar-refractivity contribution is 5.95. The molecule has 6 nitrogen and oxygen atoms in total. The van der Waals surface area contributed by atoms with Crippen LogP contribution in [0.5, 0.6) is 11.5 Å². The summed E-state index contributed by atoms with van der Waals surface area (Å²) in [6, 6.07) is 5.35. The number of hydrogen-bond acceptors (Lipinski definition) is 4. The summed E-state index contributed by atoms with van der Waals surface area (Å²) in [4.78, 5) is 12.6. The predicted molar refractivity (Wildman–Crippen MR) is 102 cm³/mol. The summed E-state index contributed by atoms with van der Waals surface area (Å²) in [6.07, 6.45) is 10.2. The van der Waals surface area contributed by atoms with Gasteiger partial charge in [0.1, 0.15) is 11.5 Å². The molecule has 0 radical (unpaired) electrons. The van der Waals surface area contributed by atoms with Crippen LogP contribution in [0.1, 0.15) is 60.5 Å². The first kappa shape index (κ1) is 17.9. The van der Waals surface area contributed by atoms with Crippen LogP contribution in [0, 0.1) is 12.8 Å². The van der Waals surface area contributed by atoms with Crippen molar-refractivity contribution in [1.82, 2.24) is 15.1 Å². The van der Waals surface area contributed by atoms with Crippen molar-refractivity contribution in [2.45, 2.75) is 57.5 Å². The van der Waals surface area contributed by atoms with Crippen molar-refractivity contribution in [3.63, 3.8) is 0 Å². The molecular weight excluding hydrogens is 342 g/mol. The summed E-state index contributed by atoms with van der Waals surface area (Å²) >= 11 is 0. The number of aryl methyl sites for hydroxylation is 1. The second-order valence-corrected chi connectivity index (χ2v) is 7.95. The molecule has 2 aliphatic carbocycles. The number of phenolic OH excluding ortho intramolecular Hbond substituents is 1. The molecule has 6 heteroatoms. The molecule has 0 saturated heterocycles. The third-order valence-corrected chi connectivity index (χ3v) is 5.47. The summed E-state index contributed by atoms with van der Waals surface area (Å²) in [5.41, 5.74) is 1.62. The molecular formula is C21H27N3O3. The topological polar surface area (TPSA) is 76.4 Å². The summed E-state index contributed by atoms with van der Waals surface area (Å²) in [5.74, 6) is 1.09. The van der Waals surface area contributed by atoms with Crippen molar-refractivity contribution in [2.75, 3.05) is 6.61 Å². The second-order valence-electron chi connectivity index (χ2n) is 7.95. The molecule has 0 atom stereocenters. The smallest absolute Gasteiger partial charge is 0.251 e. The fourth-order valence-electron chi connectivity index (χ4n) is 3.68. The number of rotatable bonds is 6. The quantitative estimate of drug-likeness (QED) is 0.816. The molecule has 0 spiro atoms. The predicted octanol–water partition coefficient (Wildman–Crippen LogP) is 3.60. The number of benzene rings is 1. The van der Waals surface area contributed by atoms with Crippen molar-refractivity contribution in [1.29, 1.82) is 0 Å². The maximum absolute atomic E-state index is 12.6. The Kier molecular flexibility index (Phi) is 5.05. The highest BCUT2D eigenvalue weighted by Gasteiger charge is 2.25. The zero-order valence-corrected chi connectivity index (χ0v) is 15.7. The Hall–Kier alpha value is -2.50. The molecule has 27 heavy (non-hydrogen) atoms. The van der Waals surface area contributed by atoms with Gasteiger partial charge in [-0.3, -0.25) is 9.48 Å². The van der Waals surface area contributed by atoms with Crippen molar-refractivity contribution < 1.29 is 14.6 Å². The lowest BCUT2D eigenvalue weighted by Gasteiger charge is -2.29. The Morgan fingerprint density at radius 1 is 1.22 bits per heavy atom. The van der Waals surface area contributed by atoms with Crippen LogP contribution in [0.4, 0.5) is 0 Å². The van der Waals surface area contributed by atoms with Crippen LogP contribution in [0.2, 0.25) is 0 Å². The minimum atomic E-state index is -0.152. The number of amides is 1. The van der Waals surface area contributed by atoms with Gasteiger partial charge in [-0.25, -0.2) is 0 Å². The number of carbonyl (C=O) groups excluding carboxylic acids is 1. The number of phenols is 1. The van der Waals surface area contributed by atoms with Crippen LogP contribution in [0.15, 0.2) is 30.6 Å². The molecule has 1 aromatic carbocycles. The molecule has 0 aliphatic heterocycles. The molecule has 1 aromatic heterocycles. The minimum Gasteiger partial charge on any atom is -0.508 e. The van der Waals surface area contributed by atoms with E-state index in [4.69, 9.17) is 4.74 Å². The maximum atomic E-state index is 12.6. The average molecular weight is 369 g/mol. The zero-order valence-electron chi connectivity index (χ0n) is 15.7. The number of ether oxygens (including phenoxy) is 1. The molecule has 2 N–H and O–H groups in total. The summed E-state index contributed by atoms with van der Waals surface area (Å²) in [7, 11) is 0. The molecule has 0 bridgehead atoms. The van der Waals surface area contributed by atoms with E-state index in [9.17, 15) is 9.90 Å². The van der Waals surface area contributed by atoms with Crippen LogP contribution >= 0.6 is 0 Å². The lowest BCUT2D eigenvalue weighted by Crippen LogP contribution is -2.38. The van der Waals surface area contributed by atoms with Gasteiger partial charge in [0.25, 0.3) is 5.91 Å². The second kappa shape index (κ2) is 7.62. The van der Waals surface area contributed by atoms with Gasteiger partial charge in [0, 0.05) is 23.9 Å². The highest BCUT2D eigenvalue weighted by Crippen LogP contribution is 2.31. The molecule has 1 heterocycles. The van der Waals surface area contributed by atoms with Gasteiger partial charge in [0.2, 0.25) is 0 Å². The van der Waals surface area contributed by atoms with Gasteiger partial charge in [-0.2, -0.15) is 5.10 Å². The van der Waals surface area contributed by atoms with E-state index in [0.717, 1.165) is 25.7 Å². The monoisotopic (exact) mass is 369 g/mol. The maximum Gasteiger partial charge on any atom is 0.251 e. The third kappa shape index (κ3) is 4.62. The van der Waals surface area contributed by atoms with Crippen molar-refractivity contribution in [3.8, 4) is 11.5 Å². The number of aromatic hydroxyl groups is 1. The first-order chi connectivity index (χ1) is 13.1. The Balaban J connectivity index is 1.32. The fourth-order valence-corrected chi connectivity index (χ4v) is 3.68. The Labute approximate surface area is 159 Å². The van der Waals surface area contributed by atoms with E-state index < -0.39 is 0 Å². The first-order valence-corrected chi connectivity index (χ1v) is 9.85. The van der Waals surface area contributed by atoms with E-state index in [1.54, 1.807) is 12.1 Å². The third-order valence-electron chi connectivity index (χ3n) is 5.47. The normalized spacial score (nSPS) is 22.4. The largest absolute Gasteiger partial charge is 0.508 e. The molecule has 2 aromatic rings. The molecule has 2 aliphatic rings. The van der Waals surface area contributed by atoms with Gasteiger partial charge in [0.15, 0.2) is 0 Å². The number of hydrogen-bond donors (Lipinski definition) is 2. The number of carbonyl (C=O) groups is 1. The fraction of sp³-hybridized carbons (Fsp3) is 0.524. The van der Waals surface area contributed by atoms with Gasteiger partial charge in [-0.1, -0.05) is 0 Å². The van der Waals surface area contributed by atoms with Gasteiger partial charge in [0.05, 0.1) is 18.8 Å². The minimum absolute atomic E-state index is 0.0613. The van der Waals surface area contributed by atoms with Crippen LogP contribution in [-0.2, 0) is 0 Å². The molecule has 0 unspecified atom stereocenters. The van der Waals surface area contributed by atoms with E-state index in [1.807, 2.05) is 17.8 Å². The number of nitrogens with one attached hydrogen (secondary N) is 1. The Morgan fingerprint density at radius 3 is 2.67 bits per heavy atom. The van der Waals surface area contributed by atoms with E-state index >= 15 is 0 Å². The average Bonchev–Trinajstić information content (AvgIpc) is 3.39. The SMILES string of the molecule is Cc1cnn(C2CCC(NC(=O)c3cc(O)cc(OCC4CC4)c3)CC2)c1. The van der Waals surface area contributed by atoms with Crippen molar-refractivity contribution in [3.05, 3.63) is 41.7 Å². The Bertz CT molecular complexity index is 805. The van der Waals surface area contributed by atoms with Crippen LogP contribution < -0.4 is 10.1 Å². The first-order valence-electron chi connectivity index (χ1n) is 9.85. The summed E-state index contributed by atoms with van der Waals surface area (Å²) < 4.78 is 7.75. The molecule has 2 saturated carbocycles. The highest BCUT2D eigenvalue weighted by atomic mass is 16.5. The van der Waals surface area contributed by atoms with Crippen molar-refractivity contribution >= 4 is 5.91 Å². The van der Waals surface area contributed by atoms with Gasteiger partial charge in [-0.05, 0) is 69.1 Å². The molecule has 4 rings (SSSR count). The zero-order chi connectivity index (χ0) is 18.8. The van der Waals surface area contributed by atoms with Gasteiger partial charge < -0.3 is 15.2 Å². The lowest BCUT2D eigenvalue weighted by atomic mass is 9.91. The van der Waals surface area contributed by atoms with E-state index in [2.05, 4.69) is 16.6 Å². The summed E-state index contributed by atoms with van der Waals surface area (Å²) in [6.45, 7) is 2.70. The molecule has 2 fully saturated rings. The standard InChI is InChI=1S/C21H27N3O3/c1-14-11-22-24(12-14)18-6-4-17(5-7-18)23-21(26)16-8-19(25)10-20(9-16)27-13-15-2-3-15/h8-12,15,17-18,25H,2-7,13H2,1H3,(H,23,26).